The molecule has 0 radical (unpaired) electrons. The summed E-state index contributed by atoms with van der Waals surface area (Å²) >= 11 is 1.42. The smallest absolute Gasteiger partial charge is 0.256 e. The molecule has 0 N–H and O–H groups in total. The van der Waals surface area contributed by atoms with Gasteiger partial charge >= 0.3 is 0 Å². The fraction of sp³-hybridized carbons (Fsp3) is 0.261. The second-order valence-corrected chi connectivity index (χ2v) is 10.3. The third kappa shape index (κ3) is 5.89. The molecule has 2 aromatic heterocycles. The molecule has 0 aliphatic carbocycles. The van der Waals surface area contributed by atoms with Gasteiger partial charge in [0.25, 0.3) is 5.91 Å². The molecule has 0 atom stereocenters. The van der Waals surface area contributed by atoms with E-state index in [2.05, 4.69) is 10.1 Å². The van der Waals surface area contributed by atoms with Crippen molar-refractivity contribution in [1.82, 2.24) is 19.3 Å². The Kier molecular flexibility index (Phi) is 7.26. The van der Waals surface area contributed by atoms with Crippen molar-refractivity contribution in [3.05, 3.63) is 82.7 Å². The molecule has 0 saturated carbocycles. The second-order valence-electron chi connectivity index (χ2n) is 7.52. The predicted octanol–water partition coefficient (Wildman–Crippen LogP) is 3.43. The van der Waals surface area contributed by atoms with Crippen molar-refractivity contribution in [2.75, 3.05) is 26.2 Å². The first-order valence-corrected chi connectivity index (χ1v) is 12.9. The number of amides is 1. The van der Waals surface area contributed by atoms with E-state index in [9.17, 15) is 13.2 Å². The fourth-order valence-electron chi connectivity index (χ4n) is 3.43. The van der Waals surface area contributed by atoms with Gasteiger partial charge in [0, 0.05) is 49.6 Å². The second kappa shape index (κ2) is 10.3. The summed E-state index contributed by atoms with van der Waals surface area (Å²) in [5, 5.41) is 5.81. The van der Waals surface area contributed by atoms with E-state index in [1.165, 1.54) is 21.5 Å². The Balaban J connectivity index is 1.38. The highest BCUT2D eigenvalue weighted by molar-refractivity contribution is 7.98. The zero-order valence-electron chi connectivity index (χ0n) is 18.1. The molecule has 3 aromatic rings. The van der Waals surface area contributed by atoms with Crippen LogP contribution in [0, 0.1) is 6.92 Å². The van der Waals surface area contributed by atoms with Crippen molar-refractivity contribution in [3.63, 3.8) is 0 Å². The first-order chi connectivity index (χ1) is 15.9. The standard InChI is InChI=1S/C23H24N4O4S2/c1-18-16-20(25-31-18)17-32-22-21(8-5-10-24-22)23(28)26-11-13-27(14-12-26)33(29,30)15-9-19-6-3-2-4-7-19/h2-10,15-16H,11-14,17H2,1H3. The van der Waals surface area contributed by atoms with E-state index >= 15 is 0 Å². The molecule has 1 aromatic carbocycles. The minimum absolute atomic E-state index is 0.154. The highest BCUT2D eigenvalue weighted by atomic mass is 32.2. The lowest BCUT2D eigenvalue weighted by Crippen LogP contribution is -2.50. The number of pyridine rings is 1. The lowest BCUT2D eigenvalue weighted by Gasteiger charge is -2.33. The number of nitrogens with zero attached hydrogens (tertiary/aromatic N) is 4. The zero-order valence-corrected chi connectivity index (χ0v) is 19.8. The van der Waals surface area contributed by atoms with Gasteiger partial charge in [0.1, 0.15) is 10.8 Å². The highest BCUT2D eigenvalue weighted by Crippen LogP contribution is 2.25. The Hall–Kier alpha value is -2.95. The third-order valence-corrected chi connectivity index (χ3v) is 7.76. The van der Waals surface area contributed by atoms with Crippen LogP contribution in [0.3, 0.4) is 0 Å². The first kappa shape index (κ1) is 23.2. The number of carbonyl (C=O) groups is 1. The molecule has 4 rings (SSSR count). The average Bonchev–Trinajstić information content (AvgIpc) is 3.27. The Morgan fingerprint density at radius 2 is 1.88 bits per heavy atom. The van der Waals surface area contributed by atoms with Crippen LogP contribution < -0.4 is 0 Å². The molecule has 1 aliphatic rings. The Morgan fingerprint density at radius 1 is 1.12 bits per heavy atom. The number of sulfonamides is 1. The lowest BCUT2D eigenvalue weighted by atomic mass is 10.2. The maximum Gasteiger partial charge on any atom is 0.256 e. The first-order valence-electron chi connectivity index (χ1n) is 10.4. The van der Waals surface area contributed by atoms with Gasteiger partial charge in [-0.1, -0.05) is 47.3 Å². The van der Waals surface area contributed by atoms with Gasteiger partial charge < -0.3 is 9.42 Å². The van der Waals surface area contributed by atoms with Crippen LogP contribution in [0.5, 0.6) is 0 Å². The summed E-state index contributed by atoms with van der Waals surface area (Å²) in [7, 11) is -3.56. The van der Waals surface area contributed by atoms with E-state index in [1.807, 2.05) is 43.3 Å². The van der Waals surface area contributed by atoms with Crippen molar-refractivity contribution in [1.29, 1.82) is 0 Å². The van der Waals surface area contributed by atoms with Crippen molar-refractivity contribution in [3.8, 4) is 0 Å². The topological polar surface area (TPSA) is 96.6 Å². The third-order valence-electron chi connectivity index (χ3n) is 5.15. The highest BCUT2D eigenvalue weighted by Gasteiger charge is 2.29. The maximum absolute atomic E-state index is 13.2. The van der Waals surface area contributed by atoms with Crippen LogP contribution in [0.4, 0.5) is 0 Å². The van der Waals surface area contributed by atoms with E-state index in [0.717, 1.165) is 17.0 Å². The predicted molar refractivity (Wildman–Crippen MR) is 127 cm³/mol. The van der Waals surface area contributed by atoms with Crippen molar-refractivity contribution < 1.29 is 17.7 Å². The van der Waals surface area contributed by atoms with Crippen LogP contribution in [0.25, 0.3) is 6.08 Å². The van der Waals surface area contributed by atoms with E-state index in [1.54, 1.807) is 29.3 Å². The number of aryl methyl sites for hydroxylation is 1. The van der Waals surface area contributed by atoms with Crippen molar-refractivity contribution in [2.24, 2.45) is 0 Å². The molecular weight excluding hydrogens is 460 g/mol. The number of aromatic nitrogens is 2. The molecule has 1 aliphatic heterocycles. The zero-order chi connectivity index (χ0) is 23.3. The Bertz CT molecular complexity index is 1230. The van der Waals surface area contributed by atoms with Crippen LogP contribution in [0.1, 0.15) is 27.4 Å². The number of piperazine rings is 1. The van der Waals surface area contributed by atoms with Gasteiger partial charge in [-0.3, -0.25) is 4.79 Å². The molecule has 10 heteroatoms. The molecule has 3 heterocycles. The molecule has 0 spiro atoms. The van der Waals surface area contributed by atoms with Crippen LogP contribution in [0.15, 0.2) is 69.7 Å². The molecular formula is C23H24N4O4S2. The minimum atomic E-state index is -3.56. The number of thioether (sulfide) groups is 1. The van der Waals surface area contributed by atoms with Gasteiger partial charge in [-0.25, -0.2) is 13.4 Å². The number of hydrogen-bond donors (Lipinski definition) is 0. The summed E-state index contributed by atoms with van der Waals surface area (Å²) in [5.41, 5.74) is 2.10. The van der Waals surface area contributed by atoms with Gasteiger partial charge in [0.05, 0.1) is 11.3 Å². The van der Waals surface area contributed by atoms with Gasteiger partial charge in [0.2, 0.25) is 10.0 Å². The van der Waals surface area contributed by atoms with Gasteiger partial charge in [0.15, 0.2) is 0 Å². The van der Waals surface area contributed by atoms with Crippen LogP contribution in [-0.2, 0) is 15.8 Å². The molecule has 1 amide bonds. The average molecular weight is 485 g/mol. The molecule has 1 saturated heterocycles. The molecule has 1 fully saturated rings. The normalized spacial score (nSPS) is 15.2. The fourth-order valence-corrected chi connectivity index (χ4v) is 5.47. The summed E-state index contributed by atoms with van der Waals surface area (Å²) < 4.78 is 31.9. The van der Waals surface area contributed by atoms with Crippen LogP contribution in [-0.4, -0.2) is 59.8 Å². The maximum atomic E-state index is 13.2. The Morgan fingerprint density at radius 3 is 2.58 bits per heavy atom. The SMILES string of the molecule is Cc1cc(CSc2ncccc2C(=O)N2CCN(S(=O)(=O)C=Cc3ccccc3)CC2)no1. The number of hydrogen-bond acceptors (Lipinski definition) is 7. The van der Waals surface area contributed by atoms with Gasteiger partial charge in [-0.2, -0.15) is 4.31 Å². The number of rotatable bonds is 7. The summed E-state index contributed by atoms with van der Waals surface area (Å²) in [6, 6.07) is 14.6. The van der Waals surface area contributed by atoms with E-state index < -0.39 is 10.0 Å². The Labute approximate surface area is 197 Å². The van der Waals surface area contributed by atoms with Crippen molar-refractivity contribution >= 4 is 33.8 Å². The van der Waals surface area contributed by atoms with Gasteiger partial charge in [-0.15, -0.1) is 0 Å². The summed E-state index contributed by atoms with van der Waals surface area (Å²) in [6.07, 6.45) is 3.24. The monoisotopic (exact) mass is 484 g/mol. The molecule has 172 valence electrons. The summed E-state index contributed by atoms with van der Waals surface area (Å²) in [5.74, 6) is 1.11. The molecule has 8 nitrogen and oxygen atoms in total. The summed E-state index contributed by atoms with van der Waals surface area (Å²) in [6.45, 7) is 2.95. The summed E-state index contributed by atoms with van der Waals surface area (Å²) in [4.78, 5) is 19.2. The van der Waals surface area contributed by atoms with E-state index in [4.69, 9.17) is 4.52 Å². The minimum Gasteiger partial charge on any atom is -0.361 e. The number of benzene rings is 1. The number of carbonyl (C=O) groups excluding carboxylic acids is 1. The van der Waals surface area contributed by atoms with Crippen molar-refractivity contribution in [2.45, 2.75) is 17.7 Å². The largest absolute Gasteiger partial charge is 0.361 e. The lowest BCUT2D eigenvalue weighted by molar-refractivity contribution is 0.0694. The quantitative estimate of drug-likeness (QED) is 0.474. The van der Waals surface area contributed by atoms with Gasteiger partial charge in [-0.05, 0) is 30.7 Å². The molecule has 33 heavy (non-hydrogen) atoms. The van der Waals surface area contributed by atoms with Crippen LogP contribution >= 0.6 is 11.8 Å². The van der Waals surface area contributed by atoms with Crippen LogP contribution in [0.2, 0.25) is 0 Å². The molecule has 0 unspecified atom stereocenters. The van der Waals surface area contributed by atoms with E-state index in [-0.39, 0.29) is 19.0 Å². The van der Waals surface area contributed by atoms with E-state index in [0.29, 0.717) is 29.4 Å². The molecule has 0 bridgehead atoms.